The van der Waals surface area contributed by atoms with E-state index in [2.05, 4.69) is 31.5 Å². The molecule has 8 heteroatoms. The number of nitriles is 1. The van der Waals surface area contributed by atoms with E-state index in [0.717, 1.165) is 48.8 Å². The molecule has 3 N–H and O–H groups in total. The number of aromatic amines is 1. The van der Waals surface area contributed by atoms with Crippen LogP contribution < -0.4 is 5.32 Å². The Hall–Kier alpha value is -3.02. The van der Waals surface area contributed by atoms with Gasteiger partial charge in [0.2, 0.25) is 0 Å². The molecule has 2 saturated heterocycles. The predicted molar refractivity (Wildman–Crippen MR) is 118 cm³/mol. The van der Waals surface area contributed by atoms with Crippen LogP contribution in [0.3, 0.4) is 0 Å². The highest BCUT2D eigenvalue weighted by Crippen LogP contribution is 2.44. The molecule has 5 rings (SSSR count). The lowest BCUT2D eigenvalue weighted by Crippen LogP contribution is -2.44. The van der Waals surface area contributed by atoms with Gasteiger partial charge in [-0.05, 0) is 50.7 Å². The summed E-state index contributed by atoms with van der Waals surface area (Å²) in [5.41, 5.74) is 2.44. The maximum Gasteiger partial charge on any atom is 0.153 e. The zero-order valence-corrected chi connectivity index (χ0v) is 17.6. The van der Waals surface area contributed by atoms with Gasteiger partial charge in [0.05, 0.1) is 23.4 Å². The summed E-state index contributed by atoms with van der Waals surface area (Å²) in [6.45, 7) is 2.78. The largest absolute Gasteiger partial charge is 0.386 e. The first-order valence-corrected chi connectivity index (χ1v) is 11.0. The van der Waals surface area contributed by atoms with Crippen LogP contribution in [-0.2, 0) is 0 Å². The van der Waals surface area contributed by atoms with Crippen LogP contribution >= 0.6 is 0 Å². The number of rotatable bonds is 6. The lowest BCUT2D eigenvalue weighted by Gasteiger charge is -2.40. The summed E-state index contributed by atoms with van der Waals surface area (Å²) >= 11 is 0. The number of aromatic nitrogens is 4. The van der Waals surface area contributed by atoms with Gasteiger partial charge in [0.1, 0.15) is 5.82 Å². The van der Waals surface area contributed by atoms with Gasteiger partial charge in [0.25, 0.3) is 0 Å². The monoisotopic (exact) mass is 417 g/mol. The molecule has 0 aliphatic carbocycles. The van der Waals surface area contributed by atoms with Gasteiger partial charge in [-0.15, -0.1) is 0 Å². The van der Waals surface area contributed by atoms with E-state index < -0.39 is 6.10 Å². The average Bonchev–Trinajstić information content (AvgIpc) is 3.28. The lowest BCUT2D eigenvalue weighted by molar-refractivity contribution is 0.0243. The van der Waals surface area contributed by atoms with Crippen molar-refractivity contribution >= 4 is 22.5 Å². The fraction of sp³-hybridized carbons (Fsp3) is 0.478. The normalized spacial score (nSPS) is 24.2. The van der Waals surface area contributed by atoms with Crippen molar-refractivity contribution in [1.29, 1.82) is 5.26 Å². The molecule has 0 spiro atoms. The maximum atomic E-state index is 11.5. The van der Waals surface area contributed by atoms with Crippen molar-refractivity contribution < 1.29 is 5.11 Å². The van der Waals surface area contributed by atoms with Gasteiger partial charge in [-0.25, -0.2) is 4.98 Å². The molecular weight excluding hydrogens is 390 g/mol. The van der Waals surface area contributed by atoms with E-state index >= 15 is 0 Å². The second-order valence-corrected chi connectivity index (χ2v) is 8.73. The zero-order chi connectivity index (χ0) is 21.4. The second-order valence-electron chi connectivity index (χ2n) is 8.73. The molecule has 8 nitrogen and oxygen atoms in total. The first-order valence-electron chi connectivity index (χ1n) is 11.0. The number of hydrogen-bond donors (Lipinski definition) is 3. The van der Waals surface area contributed by atoms with E-state index in [1.807, 2.05) is 31.2 Å². The van der Waals surface area contributed by atoms with Crippen LogP contribution in [0.25, 0.3) is 10.9 Å². The Morgan fingerprint density at radius 1 is 1.29 bits per heavy atom. The summed E-state index contributed by atoms with van der Waals surface area (Å²) in [5, 5.41) is 31.7. The van der Waals surface area contributed by atoms with Gasteiger partial charge in [0, 0.05) is 54.5 Å². The van der Waals surface area contributed by atoms with E-state index in [-0.39, 0.29) is 5.92 Å². The molecule has 2 aliphatic rings. The highest BCUT2D eigenvalue weighted by molar-refractivity contribution is 5.84. The molecule has 0 radical (unpaired) electrons. The van der Waals surface area contributed by atoms with Crippen molar-refractivity contribution in [3.05, 3.63) is 41.9 Å². The molecular formula is C23H27N7O. The van der Waals surface area contributed by atoms with E-state index in [0.29, 0.717) is 35.8 Å². The number of anilines is 2. The minimum Gasteiger partial charge on any atom is -0.386 e. The van der Waals surface area contributed by atoms with E-state index in [1.54, 1.807) is 6.20 Å². The van der Waals surface area contributed by atoms with Crippen molar-refractivity contribution in [2.45, 2.75) is 57.2 Å². The number of aryl methyl sites for hydroxylation is 1. The van der Waals surface area contributed by atoms with Crippen LogP contribution in [0, 0.1) is 24.2 Å². The van der Waals surface area contributed by atoms with Gasteiger partial charge in [-0.2, -0.15) is 10.4 Å². The third-order valence-electron chi connectivity index (χ3n) is 6.72. The molecule has 0 aromatic carbocycles. The number of fused-ring (bicyclic) bond motifs is 3. The summed E-state index contributed by atoms with van der Waals surface area (Å²) in [5.74, 6) is 1.46. The minimum atomic E-state index is -0.657. The Morgan fingerprint density at radius 3 is 2.81 bits per heavy atom. The molecule has 0 unspecified atom stereocenters. The number of hydrogen-bond acceptors (Lipinski definition) is 7. The number of nitrogens with zero attached hydrogens (tertiary/aromatic N) is 5. The van der Waals surface area contributed by atoms with Gasteiger partial charge < -0.3 is 10.4 Å². The Bertz CT molecular complexity index is 1110. The number of H-pyrrole nitrogens is 1. The van der Waals surface area contributed by atoms with E-state index in [4.69, 9.17) is 10.2 Å². The zero-order valence-electron chi connectivity index (χ0n) is 17.6. The minimum absolute atomic E-state index is 0.148. The van der Waals surface area contributed by atoms with Crippen LogP contribution in [0.15, 0.2) is 30.5 Å². The lowest BCUT2D eigenvalue weighted by atomic mass is 9.84. The summed E-state index contributed by atoms with van der Waals surface area (Å²) in [6, 6.07) is 10.8. The summed E-state index contributed by atoms with van der Waals surface area (Å²) in [4.78, 5) is 11.8. The number of aliphatic hydroxyl groups excluding tert-OH is 1. The van der Waals surface area contributed by atoms with Crippen LogP contribution in [-0.4, -0.2) is 48.8 Å². The molecule has 5 heterocycles. The second kappa shape index (κ2) is 8.25. The van der Waals surface area contributed by atoms with Crippen LogP contribution in [0.2, 0.25) is 0 Å². The molecule has 2 fully saturated rings. The Balaban J connectivity index is 1.43. The fourth-order valence-corrected chi connectivity index (χ4v) is 5.35. The molecule has 3 aromatic heterocycles. The summed E-state index contributed by atoms with van der Waals surface area (Å²) < 4.78 is 0. The SMILES string of the molecule is Cc1cc(Nc2cc3ncccc3c([C@@H](O)C3C[C@@H]4CC[C@@H](C3)N4CCC#N)n2)n[nH]1. The van der Waals surface area contributed by atoms with Crippen molar-refractivity contribution in [2.24, 2.45) is 5.92 Å². The quantitative estimate of drug-likeness (QED) is 0.561. The highest BCUT2D eigenvalue weighted by Gasteiger charge is 2.43. The average molecular weight is 418 g/mol. The first kappa shape index (κ1) is 19.9. The van der Waals surface area contributed by atoms with Gasteiger partial charge in [-0.1, -0.05) is 0 Å². The summed E-state index contributed by atoms with van der Waals surface area (Å²) in [7, 11) is 0. The number of pyridine rings is 2. The Kier molecular flexibility index (Phi) is 5.30. The van der Waals surface area contributed by atoms with Crippen molar-refractivity contribution in [3.63, 3.8) is 0 Å². The van der Waals surface area contributed by atoms with Crippen LogP contribution in [0.4, 0.5) is 11.6 Å². The fourth-order valence-electron chi connectivity index (χ4n) is 5.35. The Labute approximate surface area is 181 Å². The predicted octanol–water partition coefficient (Wildman–Crippen LogP) is 3.60. The first-order chi connectivity index (χ1) is 15.1. The van der Waals surface area contributed by atoms with E-state index in [1.165, 1.54) is 0 Å². The van der Waals surface area contributed by atoms with Gasteiger partial charge in [0.15, 0.2) is 5.82 Å². The molecule has 160 valence electrons. The smallest absolute Gasteiger partial charge is 0.153 e. The standard InChI is InChI=1S/C23H27N7O/c1-14-10-21(29-28-14)26-20-13-19-18(4-2-8-25-19)22(27-20)23(31)15-11-16-5-6-17(12-15)30(16)9-3-7-24/h2,4,8,10,13,15-17,23,31H,3,5-6,9,11-12H2,1H3,(H2,26,27,28,29)/t16-,17-,23-/m0/s1. The third kappa shape index (κ3) is 3.87. The topological polar surface area (TPSA) is 114 Å². The van der Waals surface area contributed by atoms with Gasteiger partial charge >= 0.3 is 0 Å². The highest BCUT2D eigenvalue weighted by atomic mass is 16.3. The van der Waals surface area contributed by atoms with E-state index in [9.17, 15) is 5.11 Å². The molecule has 31 heavy (non-hydrogen) atoms. The third-order valence-corrected chi connectivity index (χ3v) is 6.72. The number of piperidine rings is 1. The molecule has 2 bridgehead atoms. The Morgan fingerprint density at radius 2 is 2.10 bits per heavy atom. The molecule has 3 atom stereocenters. The molecule has 3 aromatic rings. The van der Waals surface area contributed by atoms with Crippen LogP contribution in [0.5, 0.6) is 0 Å². The molecule has 0 amide bonds. The van der Waals surface area contributed by atoms with Crippen LogP contribution in [0.1, 0.15) is 49.6 Å². The van der Waals surface area contributed by atoms with Crippen molar-refractivity contribution in [1.82, 2.24) is 25.1 Å². The van der Waals surface area contributed by atoms with Gasteiger partial charge in [-0.3, -0.25) is 15.0 Å². The number of aliphatic hydroxyl groups is 1. The maximum absolute atomic E-state index is 11.5. The molecule has 0 saturated carbocycles. The summed E-state index contributed by atoms with van der Waals surface area (Å²) in [6.07, 6.45) is 5.83. The molecule has 2 aliphatic heterocycles. The van der Waals surface area contributed by atoms with Crippen molar-refractivity contribution in [2.75, 3.05) is 11.9 Å². The van der Waals surface area contributed by atoms with Crippen molar-refractivity contribution in [3.8, 4) is 6.07 Å². The number of nitrogens with one attached hydrogen (secondary N) is 2.